The van der Waals surface area contributed by atoms with E-state index in [4.69, 9.17) is 0 Å². The van der Waals surface area contributed by atoms with E-state index in [1.165, 1.54) is 6.07 Å². The zero-order valence-electron chi connectivity index (χ0n) is 18.0. The van der Waals surface area contributed by atoms with Gasteiger partial charge in [-0.1, -0.05) is 30.3 Å². The van der Waals surface area contributed by atoms with E-state index in [0.29, 0.717) is 27.2 Å². The number of nitrogens with one attached hydrogen (secondary N) is 2. The standard InChI is InChI=1S/C26H18N4O4.Co/c31-21-13-19-11-17-7-6-15(27-17)10-16-8-9-18(28-16)12-20-22(14-4-2-1-3-5-14)25(32)24(30(20)34)26(33)23(21)29-19;/h1-13,27,29,31-32,34H;. The first-order chi connectivity index (χ1) is 16.5. The first-order valence-corrected chi connectivity index (χ1v) is 10.5. The molecule has 9 heteroatoms. The second-order valence-electron chi connectivity index (χ2n) is 8.05. The summed E-state index contributed by atoms with van der Waals surface area (Å²) in [7, 11) is 0. The minimum atomic E-state index is -0.766. The van der Waals surface area contributed by atoms with Crippen molar-refractivity contribution < 1.29 is 32.2 Å². The van der Waals surface area contributed by atoms with Crippen LogP contribution in [0.1, 0.15) is 11.4 Å². The van der Waals surface area contributed by atoms with Gasteiger partial charge in [-0.05, 0) is 48.0 Å². The number of benzene rings is 1. The van der Waals surface area contributed by atoms with Crippen molar-refractivity contribution in [2.24, 2.45) is 0 Å². The van der Waals surface area contributed by atoms with Crippen LogP contribution in [0.5, 0.6) is 11.5 Å². The maximum Gasteiger partial charge on any atom is 0.236 e. The number of aromatic nitrogens is 4. The molecule has 0 spiro atoms. The van der Waals surface area contributed by atoms with Crippen molar-refractivity contribution in [2.45, 2.75) is 0 Å². The Kier molecular flexibility index (Phi) is 5.35. The summed E-state index contributed by atoms with van der Waals surface area (Å²) in [5, 5.41) is 32.6. The predicted molar refractivity (Wildman–Crippen MR) is 131 cm³/mol. The van der Waals surface area contributed by atoms with Crippen LogP contribution in [0.15, 0.2) is 71.5 Å². The maximum atomic E-state index is 13.4. The van der Waals surface area contributed by atoms with Gasteiger partial charge >= 0.3 is 0 Å². The van der Waals surface area contributed by atoms with E-state index < -0.39 is 11.2 Å². The average molecular weight is 509 g/mol. The molecule has 0 aliphatic carbocycles. The Bertz CT molecular complexity index is 1820. The smallest absolute Gasteiger partial charge is 0.236 e. The van der Waals surface area contributed by atoms with Crippen LogP contribution < -0.4 is 5.43 Å². The molecular weight excluding hydrogens is 491 g/mol. The quantitative estimate of drug-likeness (QED) is 0.203. The largest absolute Gasteiger partial charge is 0.506 e. The monoisotopic (exact) mass is 509 g/mol. The average Bonchev–Trinajstić information content (AvgIpc) is 3.58. The van der Waals surface area contributed by atoms with Crippen molar-refractivity contribution in [2.75, 3.05) is 0 Å². The van der Waals surface area contributed by atoms with E-state index in [-0.39, 0.29) is 44.6 Å². The fraction of sp³-hybridized carbons (Fsp3) is 0. The molecule has 1 radical (unpaired) electrons. The molecule has 0 saturated carbocycles. The number of fused-ring (bicyclic) bond motifs is 8. The third-order valence-electron chi connectivity index (χ3n) is 5.79. The van der Waals surface area contributed by atoms with Crippen molar-refractivity contribution in [1.29, 1.82) is 0 Å². The van der Waals surface area contributed by atoms with E-state index >= 15 is 0 Å². The molecule has 0 amide bonds. The number of aromatic hydroxyl groups is 2. The Balaban J connectivity index is 0.00000253. The van der Waals surface area contributed by atoms with Gasteiger partial charge in [-0.15, -0.1) is 0 Å². The Hall–Kier alpha value is -4.47. The fourth-order valence-electron chi connectivity index (χ4n) is 4.25. The third-order valence-corrected chi connectivity index (χ3v) is 5.79. The van der Waals surface area contributed by atoms with Gasteiger partial charge in [0.25, 0.3) is 0 Å². The van der Waals surface area contributed by atoms with Gasteiger partial charge in [-0.3, -0.25) is 4.79 Å². The van der Waals surface area contributed by atoms with Crippen LogP contribution in [-0.4, -0.2) is 35.1 Å². The molecule has 1 aromatic carbocycles. The second-order valence-corrected chi connectivity index (χ2v) is 8.05. The summed E-state index contributed by atoms with van der Waals surface area (Å²) in [6.45, 7) is 0. The van der Waals surface area contributed by atoms with Gasteiger partial charge in [-0.2, -0.15) is 4.73 Å². The van der Waals surface area contributed by atoms with Gasteiger partial charge in [0, 0.05) is 39.4 Å². The molecule has 0 fully saturated rings. The summed E-state index contributed by atoms with van der Waals surface area (Å²) in [5.41, 5.74) is 3.05. The SMILES string of the molecule is O=c1c2[nH]c(cc2O)cc2ccc(cc3nc(cc4c(-c5ccccc5)c(O)c1n4O)C=C3)[nH]2.[Co]. The number of hydrogen-bond donors (Lipinski definition) is 5. The van der Waals surface area contributed by atoms with E-state index in [9.17, 15) is 20.2 Å². The number of rotatable bonds is 1. The summed E-state index contributed by atoms with van der Waals surface area (Å²) in [5.74, 6) is -0.700. The number of hydrogen-bond acceptors (Lipinski definition) is 5. The first kappa shape index (κ1) is 22.3. The molecule has 8 nitrogen and oxygen atoms in total. The first-order valence-electron chi connectivity index (χ1n) is 10.5. The predicted octanol–water partition coefficient (Wildman–Crippen LogP) is 4.84. The van der Waals surface area contributed by atoms with Crippen LogP contribution >= 0.6 is 0 Å². The third kappa shape index (κ3) is 3.72. The van der Waals surface area contributed by atoms with Gasteiger partial charge in [0.1, 0.15) is 11.3 Å². The van der Waals surface area contributed by atoms with Gasteiger partial charge in [0.15, 0.2) is 11.3 Å². The molecule has 5 aromatic rings. The zero-order chi connectivity index (χ0) is 23.4. The van der Waals surface area contributed by atoms with Gasteiger partial charge in [-0.25, -0.2) is 4.98 Å². The molecule has 1 aliphatic heterocycles. The van der Waals surface area contributed by atoms with Crippen LogP contribution in [0, 0.1) is 0 Å². The summed E-state index contributed by atoms with van der Waals surface area (Å²) in [4.78, 5) is 24.1. The van der Waals surface area contributed by atoms with Gasteiger partial charge in [0.05, 0.1) is 22.5 Å². The van der Waals surface area contributed by atoms with Crippen LogP contribution in [-0.2, 0) is 16.8 Å². The van der Waals surface area contributed by atoms with E-state index in [0.717, 1.165) is 11.0 Å². The Morgan fingerprint density at radius 2 is 1.49 bits per heavy atom. The van der Waals surface area contributed by atoms with Crippen LogP contribution in [0.3, 0.4) is 0 Å². The molecular formula is C26H18CoN4O4. The molecule has 0 saturated heterocycles. The molecule has 35 heavy (non-hydrogen) atoms. The second kappa shape index (κ2) is 8.39. The summed E-state index contributed by atoms with van der Waals surface area (Å²) < 4.78 is 0.643. The molecule has 5 N–H and O–H groups in total. The minimum absolute atomic E-state index is 0. The van der Waals surface area contributed by atoms with Crippen molar-refractivity contribution >= 4 is 45.3 Å². The molecule has 6 rings (SSSR count). The minimum Gasteiger partial charge on any atom is -0.506 e. The van der Waals surface area contributed by atoms with Crippen molar-refractivity contribution in [1.82, 2.24) is 19.7 Å². The van der Waals surface area contributed by atoms with E-state index in [1.54, 1.807) is 42.5 Å². The Morgan fingerprint density at radius 3 is 2.23 bits per heavy atom. The number of nitrogens with zero attached hydrogens (tertiary/aromatic N) is 2. The number of aromatic amines is 2. The van der Waals surface area contributed by atoms with Crippen molar-refractivity contribution in [3.8, 4) is 22.6 Å². The summed E-state index contributed by atoms with van der Waals surface area (Å²) in [6, 6.07) is 19.3. The van der Waals surface area contributed by atoms with Crippen LogP contribution in [0.2, 0.25) is 0 Å². The molecule has 1 aliphatic rings. The molecule has 4 aromatic heterocycles. The van der Waals surface area contributed by atoms with Crippen molar-refractivity contribution in [3.63, 3.8) is 0 Å². The molecule has 5 heterocycles. The van der Waals surface area contributed by atoms with Crippen molar-refractivity contribution in [3.05, 3.63) is 88.3 Å². The van der Waals surface area contributed by atoms with E-state index in [2.05, 4.69) is 15.0 Å². The maximum absolute atomic E-state index is 13.4. The van der Waals surface area contributed by atoms with Gasteiger partial charge in [0.2, 0.25) is 5.43 Å². The van der Waals surface area contributed by atoms with Gasteiger partial charge < -0.3 is 25.4 Å². The Labute approximate surface area is 208 Å². The number of H-pyrrole nitrogens is 2. The van der Waals surface area contributed by atoms with Crippen LogP contribution in [0.25, 0.3) is 56.4 Å². The zero-order valence-corrected chi connectivity index (χ0v) is 19.0. The summed E-state index contributed by atoms with van der Waals surface area (Å²) in [6.07, 6.45) is 3.62. The normalized spacial score (nSPS) is 11.5. The van der Waals surface area contributed by atoms with E-state index in [1.807, 2.05) is 30.3 Å². The molecule has 8 bridgehead atoms. The summed E-state index contributed by atoms with van der Waals surface area (Å²) >= 11 is 0. The Morgan fingerprint density at radius 1 is 0.800 bits per heavy atom. The van der Waals surface area contributed by atoms with Crippen LogP contribution in [0.4, 0.5) is 0 Å². The molecule has 0 unspecified atom stereocenters. The molecule has 175 valence electrons. The topological polar surface area (TPSA) is 127 Å². The molecule has 0 atom stereocenters. The fourth-order valence-corrected chi connectivity index (χ4v) is 4.25.